The van der Waals surface area contributed by atoms with Crippen LogP contribution in [0.4, 0.5) is 17.1 Å². The van der Waals surface area contributed by atoms with Gasteiger partial charge in [0.1, 0.15) is 5.75 Å². The normalized spacial score (nSPS) is 14.4. The summed E-state index contributed by atoms with van der Waals surface area (Å²) in [5.74, 6) is 1.65. The van der Waals surface area contributed by atoms with E-state index in [1.54, 1.807) is 0 Å². The molecular formula is C69H43NO. The van der Waals surface area contributed by atoms with Crippen LogP contribution in [0.3, 0.4) is 0 Å². The van der Waals surface area contributed by atoms with Crippen LogP contribution < -0.4 is 9.64 Å². The molecule has 1 aliphatic heterocycles. The van der Waals surface area contributed by atoms with Crippen LogP contribution in [0.5, 0.6) is 11.5 Å². The number of hydrogen-bond acceptors (Lipinski definition) is 2. The standard InChI is InChI=1S/C69H43NO/c1-2-19-44(20-3-1)45-37-39-46(40-38-45)70(64-35-18-32-58-52-25-6-5-22-49(52)55-28-14-17-36-65(55)71-68(58)64)47-41-42-63-60(43-47)53-26-7-4-21-48(53)54-27-12-15-33-61(54)69(63)62-34-16-13-31-59(62)66-56-29-10-8-23-50(56)51-24-9-11-30-57(51)67(66)69/h1-43H. The van der Waals surface area contributed by atoms with Crippen molar-refractivity contribution in [3.05, 3.63) is 283 Å². The third-order valence-corrected chi connectivity index (χ3v) is 15.5. The van der Waals surface area contributed by atoms with Gasteiger partial charge in [-0.3, -0.25) is 0 Å². The quantitative estimate of drug-likeness (QED) is 0.163. The Hall–Kier alpha value is -9.24. The molecule has 0 N–H and O–H groups in total. The maximum absolute atomic E-state index is 7.25. The highest BCUT2D eigenvalue weighted by atomic mass is 16.5. The van der Waals surface area contributed by atoms with Gasteiger partial charge in [-0.05, 0) is 136 Å². The predicted octanol–water partition coefficient (Wildman–Crippen LogP) is 18.6. The summed E-state index contributed by atoms with van der Waals surface area (Å²) in [4.78, 5) is 2.41. The van der Waals surface area contributed by atoms with E-state index in [0.29, 0.717) is 0 Å². The summed E-state index contributed by atoms with van der Waals surface area (Å²) >= 11 is 0. The van der Waals surface area contributed by atoms with E-state index >= 15 is 0 Å². The van der Waals surface area contributed by atoms with E-state index in [1.165, 1.54) is 82.7 Å². The Morgan fingerprint density at radius 3 is 1.51 bits per heavy atom. The Morgan fingerprint density at radius 1 is 0.296 bits per heavy atom. The third kappa shape index (κ3) is 5.65. The van der Waals surface area contributed by atoms with E-state index in [-0.39, 0.29) is 0 Å². The summed E-state index contributed by atoms with van der Waals surface area (Å²) in [7, 11) is 0. The van der Waals surface area contributed by atoms with Crippen LogP contribution in [0, 0.1) is 0 Å². The highest BCUT2D eigenvalue weighted by Gasteiger charge is 2.51. The zero-order valence-electron chi connectivity index (χ0n) is 38.7. The monoisotopic (exact) mass is 901 g/mol. The molecule has 3 aliphatic rings. The Balaban J connectivity index is 1.05. The lowest BCUT2D eigenvalue weighted by molar-refractivity contribution is 0.489. The van der Waals surface area contributed by atoms with Crippen LogP contribution in [-0.2, 0) is 5.41 Å². The SMILES string of the molecule is c1ccc(-c2ccc(N(c3ccc4c(c3)-c3ccccc3-c3ccccc3C43c4ccccc4-c4c3c3ccccc3c3ccccc43)c3cccc4c3Oc3ccccc3-c3ccccc3-4)cc2)cc1. The molecule has 1 spiro atoms. The van der Waals surface area contributed by atoms with Crippen molar-refractivity contribution in [2.24, 2.45) is 0 Å². The van der Waals surface area contributed by atoms with Gasteiger partial charge in [-0.15, -0.1) is 0 Å². The topological polar surface area (TPSA) is 12.5 Å². The van der Waals surface area contributed by atoms with Crippen molar-refractivity contribution in [2.75, 3.05) is 4.90 Å². The summed E-state index contributed by atoms with van der Waals surface area (Å²) in [6.45, 7) is 0. The van der Waals surface area contributed by atoms with Gasteiger partial charge in [-0.2, -0.15) is 0 Å². The lowest BCUT2D eigenvalue weighted by atomic mass is 9.64. The molecule has 2 heteroatoms. The zero-order valence-corrected chi connectivity index (χ0v) is 38.7. The summed E-state index contributed by atoms with van der Waals surface area (Å²) in [6, 6.07) is 96.3. The average Bonchev–Trinajstić information content (AvgIpc) is 3.62. The lowest BCUT2D eigenvalue weighted by Gasteiger charge is -2.37. The Bertz CT molecular complexity index is 4150. The molecule has 2 aliphatic carbocycles. The van der Waals surface area contributed by atoms with Crippen molar-refractivity contribution in [2.45, 2.75) is 5.41 Å². The first kappa shape index (κ1) is 39.7. The molecule has 12 aromatic rings. The van der Waals surface area contributed by atoms with Crippen LogP contribution in [0.1, 0.15) is 22.3 Å². The second-order valence-corrected chi connectivity index (χ2v) is 19.0. The van der Waals surface area contributed by atoms with E-state index in [0.717, 1.165) is 56.4 Å². The fourth-order valence-corrected chi connectivity index (χ4v) is 12.6. The van der Waals surface area contributed by atoms with Crippen molar-refractivity contribution in [3.8, 4) is 78.3 Å². The number of anilines is 3. The van der Waals surface area contributed by atoms with Crippen molar-refractivity contribution >= 4 is 38.6 Å². The van der Waals surface area contributed by atoms with Gasteiger partial charge in [0.2, 0.25) is 0 Å². The molecule has 71 heavy (non-hydrogen) atoms. The summed E-state index contributed by atoms with van der Waals surface area (Å²) in [5.41, 5.74) is 21.8. The molecule has 1 unspecified atom stereocenters. The summed E-state index contributed by atoms with van der Waals surface area (Å²) in [5, 5.41) is 5.10. The molecule has 1 atom stereocenters. The van der Waals surface area contributed by atoms with Gasteiger partial charge in [0.25, 0.3) is 0 Å². The Morgan fingerprint density at radius 2 is 0.775 bits per heavy atom. The number of fused-ring (bicyclic) bond motifs is 22. The van der Waals surface area contributed by atoms with E-state index in [4.69, 9.17) is 4.74 Å². The molecule has 0 amide bonds. The van der Waals surface area contributed by atoms with Crippen LogP contribution >= 0.6 is 0 Å². The zero-order chi connectivity index (χ0) is 46.6. The van der Waals surface area contributed by atoms with Crippen LogP contribution in [0.25, 0.3) is 88.3 Å². The van der Waals surface area contributed by atoms with Crippen LogP contribution in [-0.4, -0.2) is 0 Å². The maximum Gasteiger partial charge on any atom is 0.159 e. The largest absolute Gasteiger partial charge is 0.454 e. The Kier molecular flexibility index (Phi) is 8.61. The minimum atomic E-state index is -0.679. The van der Waals surface area contributed by atoms with E-state index in [9.17, 15) is 0 Å². The lowest BCUT2D eigenvalue weighted by Crippen LogP contribution is -2.29. The second kappa shape index (κ2) is 15.4. The van der Waals surface area contributed by atoms with Crippen molar-refractivity contribution in [3.63, 3.8) is 0 Å². The molecule has 0 fully saturated rings. The molecule has 0 saturated heterocycles. The van der Waals surface area contributed by atoms with E-state index in [1.807, 2.05) is 0 Å². The molecule has 0 saturated carbocycles. The molecule has 330 valence electrons. The molecular weight excluding hydrogens is 859 g/mol. The fourth-order valence-electron chi connectivity index (χ4n) is 12.6. The minimum Gasteiger partial charge on any atom is -0.454 e. The molecule has 15 rings (SSSR count). The second-order valence-electron chi connectivity index (χ2n) is 19.0. The molecule has 0 aromatic heterocycles. The van der Waals surface area contributed by atoms with Gasteiger partial charge in [0, 0.05) is 22.5 Å². The average molecular weight is 902 g/mol. The highest BCUT2D eigenvalue weighted by molar-refractivity contribution is 6.20. The van der Waals surface area contributed by atoms with Gasteiger partial charge in [-0.25, -0.2) is 0 Å². The maximum atomic E-state index is 7.25. The first-order valence-electron chi connectivity index (χ1n) is 24.6. The smallest absolute Gasteiger partial charge is 0.159 e. The first-order chi connectivity index (χ1) is 35.3. The predicted molar refractivity (Wildman–Crippen MR) is 294 cm³/mol. The first-order valence-corrected chi connectivity index (χ1v) is 24.6. The molecule has 0 radical (unpaired) electrons. The fraction of sp³-hybridized carbons (Fsp3) is 0.0145. The third-order valence-electron chi connectivity index (χ3n) is 15.5. The van der Waals surface area contributed by atoms with Crippen molar-refractivity contribution < 1.29 is 4.74 Å². The van der Waals surface area contributed by atoms with Crippen molar-refractivity contribution in [1.82, 2.24) is 0 Å². The highest BCUT2D eigenvalue weighted by Crippen LogP contribution is 2.65. The Labute approximate surface area is 413 Å². The van der Waals surface area contributed by atoms with Crippen LogP contribution in [0.15, 0.2) is 261 Å². The molecule has 0 bridgehead atoms. The van der Waals surface area contributed by atoms with Gasteiger partial charge >= 0.3 is 0 Å². The van der Waals surface area contributed by atoms with E-state index < -0.39 is 5.41 Å². The number of hydrogen-bond donors (Lipinski definition) is 0. The van der Waals surface area contributed by atoms with Gasteiger partial charge < -0.3 is 9.64 Å². The van der Waals surface area contributed by atoms with Crippen molar-refractivity contribution in [1.29, 1.82) is 0 Å². The van der Waals surface area contributed by atoms with Gasteiger partial charge in [-0.1, -0.05) is 224 Å². The molecule has 2 nitrogen and oxygen atoms in total. The number of nitrogens with zero attached hydrogens (tertiary/aromatic N) is 1. The van der Waals surface area contributed by atoms with Gasteiger partial charge in [0.15, 0.2) is 5.75 Å². The van der Waals surface area contributed by atoms with Crippen LogP contribution in [0.2, 0.25) is 0 Å². The number of ether oxygens (including phenoxy) is 1. The number of benzene rings is 12. The van der Waals surface area contributed by atoms with Gasteiger partial charge in [0.05, 0.1) is 11.1 Å². The molecule has 12 aromatic carbocycles. The molecule has 1 heterocycles. The number of rotatable bonds is 4. The minimum absolute atomic E-state index is 0.679. The van der Waals surface area contributed by atoms with E-state index in [2.05, 4.69) is 266 Å². The number of para-hydroxylation sites is 2. The summed E-state index contributed by atoms with van der Waals surface area (Å²) < 4.78 is 7.25. The summed E-state index contributed by atoms with van der Waals surface area (Å²) in [6.07, 6.45) is 0.